The van der Waals surface area contributed by atoms with Crippen molar-refractivity contribution in [2.75, 3.05) is 24.2 Å². The van der Waals surface area contributed by atoms with E-state index in [0.717, 1.165) is 4.90 Å². The summed E-state index contributed by atoms with van der Waals surface area (Å²) in [5.74, 6) is -0.179. The minimum atomic E-state index is -3.64. The second-order valence-electron chi connectivity index (χ2n) is 5.05. The Bertz CT molecular complexity index is 801. The van der Waals surface area contributed by atoms with E-state index in [4.69, 9.17) is 0 Å². The Morgan fingerprint density at radius 2 is 1.67 bits per heavy atom. The molecule has 24 heavy (non-hydrogen) atoms. The van der Waals surface area contributed by atoms with Crippen LogP contribution in [0.2, 0.25) is 0 Å². The Kier molecular flexibility index (Phi) is 5.90. The van der Waals surface area contributed by atoms with Crippen molar-refractivity contribution < 1.29 is 13.2 Å². The molecule has 1 N–H and O–H groups in total. The lowest BCUT2D eigenvalue weighted by Gasteiger charge is -2.20. The summed E-state index contributed by atoms with van der Waals surface area (Å²) in [5.41, 5.74) is 0.993. The number of thioether (sulfide) groups is 1. The first-order valence-electron chi connectivity index (χ1n) is 7.41. The summed E-state index contributed by atoms with van der Waals surface area (Å²) in [6.07, 6.45) is 1.94. The van der Waals surface area contributed by atoms with E-state index in [2.05, 4.69) is 5.32 Å². The first kappa shape index (κ1) is 18.4. The number of sulfonamides is 1. The van der Waals surface area contributed by atoms with Gasteiger partial charge in [-0.1, -0.05) is 0 Å². The molecule has 0 fully saturated rings. The van der Waals surface area contributed by atoms with Crippen LogP contribution in [0, 0.1) is 0 Å². The van der Waals surface area contributed by atoms with Gasteiger partial charge in [-0.05, 0) is 61.7 Å². The summed E-state index contributed by atoms with van der Waals surface area (Å²) in [7, 11) is -2.14. The largest absolute Gasteiger partial charge is 0.352 e. The predicted octanol–water partition coefficient (Wildman–Crippen LogP) is 2.98. The molecule has 0 spiro atoms. The van der Waals surface area contributed by atoms with Gasteiger partial charge in [0.1, 0.15) is 0 Å². The maximum absolute atomic E-state index is 12.7. The highest BCUT2D eigenvalue weighted by Crippen LogP contribution is 2.24. The SMILES string of the molecule is CCNC(=O)c1ccc(N(C)S(=O)(=O)c2ccc(SC)cc2)cc1. The summed E-state index contributed by atoms with van der Waals surface area (Å²) < 4.78 is 26.6. The summed E-state index contributed by atoms with van der Waals surface area (Å²) in [6.45, 7) is 2.38. The highest BCUT2D eigenvalue weighted by atomic mass is 32.2. The van der Waals surface area contributed by atoms with Crippen LogP contribution in [-0.2, 0) is 10.0 Å². The number of rotatable bonds is 6. The van der Waals surface area contributed by atoms with Crippen molar-refractivity contribution in [3.63, 3.8) is 0 Å². The van der Waals surface area contributed by atoms with E-state index in [0.29, 0.717) is 17.8 Å². The fourth-order valence-electron chi connectivity index (χ4n) is 2.13. The van der Waals surface area contributed by atoms with Gasteiger partial charge in [0, 0.05) is 24.1 Å². The molecule has 2 rings (SSSR count). The predicted molar refractivity (Wildman–Crippen MR) is 98.3 cm³/mol. The molecule has 0 aromatic heterocycles. The van der Waals surface area contributed by atoms with Crippen LogP contribution in [-0.4, -0.2) is 34.2 Å². The number of anilines is 1. The molecule has 2 aromatic rings. The molecule has 0 bridgehead atoms. The van der Waals surface area contributed by atoms with Crippen molar-refractivity contribution in [2.24, 2.45) is 0 Å². The van der Waals surface area contributed by atoms with Crippen LogP contribution in [0.5, 0.6) is 0 Å². The average molecular weight is 364 g/mol. The number of carbonyl (C=O) groups is 1. The standard InChI is InChI=1S/C17H20N2O3S2/c1-4-18-17(20)13-5-7-14(8-6-13)19(2)24(21,22)16-11-9-15(23-3)10-12-16/h5-12H,4H2,1-3H3,(H,18,20). The second kappa shape index (κ2) is 7.72. The summed E-state index contributed by atoms with van der Waals surface area (Å²) in [6, 6.07) is 13.2. The van der Waals surface area contributed by atoms with E-state index in [1.165, 1.54) is 11.4 Å². The maximum Gasteiger partial charge on any atom is 0.264 e. The Morgan fingerprint density at radius 3 is 2.17 bits per heavy atom. The van der Waals surface area contributed by atoms with Crippen molar-refractivity contribution >= 4 is 33.4 Å². The molecule has 1 amide bonds. The van der Waals surface area contributed by atoms with Gasteiger partial charge in [-0.15, -0.1) is 11.8 Å². The summed E-state index contributed by atoms with van der Waals surface area (Å²) in [4.78, 5) is 13.0. The fraction of sp³-hybridized carbons (Fsp3) is 0.235. The van der Waals surface area contributed by atoms with Crippen molar-refractivity contribution in [3.8, 4) is 0 Å². The second-order valence-corrected chi connectivity index (χ2v) is 7.90. The fourth-order valence-corrected chi connectivity index (χ4v) is 3.73. The van der Waals surface area contributed by atoms with Crippen molar-refractivity contribution in [1.29, 1.82) is 0 Å². The maximum atomic E-state index is 12.7. The molecule has 0 saturated carbocycles. The van der Waals surface area contributed by atoms with Crippen LogP contribution in [0.4, 0.5) is 5.69 Å². The van der Waals surface area contributed by atoms with E-state index >= 15 is 0 Å². The lowest BCUT2D eigenvalue weighted by atomic mass is 10.2. The van der Waals surface area contributed by atoms with Crippen LogP contribution < -0.4 is 9.62 Å². The zero-order valence-electron chi connectivity index (χ0n) is 13.8. The third-order valence-electron chi connectivity index (χ3n) is 3.55. The van der Waals surface area contributed by atoms with Gasteiger partial charge in [0.05, 0.1) is 10.6 Å². The zero-order chi connectivity index (χ0) is 17.7. The Hall–Kier alpha value is -1.99. The number of hydrogen-bond donors (Lipinski definition) is 1. The van der Waals surface area contributed by atoms with E-state index in [1.54, 1.807) is 60.3 Å². The molecule has 0 atom stereocenters. The number of hydrogen-bond acceptors (Lipinski definition) is 4. The van der Waals surface area contributed by atoms with Gasteiger partial charge in [-0.2, -0.15) is 0 Å². The van der Waals surface area contributed by atoms with Crippen LogP contribution in [0.25, 0.3) is 0 Å². The topological polar surface area (TPSA) is 66.5 Å². The minimum Gasteiger partial charge on any atom is -0.352 e. The number of benzene rings is 2. The van der Waals surface area contributed by atoms with Crippen molar-refractivity contribution in [3.05, 3.63) is 54.1 Å². The van der Waals surface area contributed by atoms with Gasteiger partial charge in [0.2, 0.25) is 0 Å². The van der Waals surface area contributed by atoms with Gasteiger partial charge < -0.3 is 5.32 Å². The normalized spacial score (nSPS) is 11.1. The van der Waals surface area contributed by atoms with Gasteiger partial charge >= 0.3 is 0 Å². The van der Waals surface area contributed by atoms with Gasteiger partial charge in [-0.25, -0.2) is 8.42 Å². The molecular weight excluding hydrogens is 344 g/mol. The molecular formula is C17H20N2O3S2. The number of carbonyl (C=O) groups excluding carboxylic acids is 1. The zero-order valence-corrected chi connectivity index (χ0v) is 15.4. The first-order valence-corrected chi connectivity index (χ1v) is 10.1. The quantitative estimate of drug-likeness (QED) is 0.800. The van der Waals surface area contributed by atoms with E-state index in [1.807, 2.05) is 13.2 Å². The van der Waals surface area contributed by atoms with Crippen LogP contribution in [0.3, 0.4) is 0 Å². The Balaban J connectivity index is 2.25. The molecule has 5 nitrogen and oxygen atoms in total. The van der Waals surface area contributed by atoms with E-state index in [9.17, 15) is 13.2 Å². The summed E-state index contributed by atoms with van der Waals surface area (Å²) >= 11 is 1.55. The molecule has 0 saturated heterocycles. The summed E-state index contributed by atoms with van der Waals surface area (Å²) in [5, 5.41) is 2.70. The third kappa shape index (κ3) is 3.91. The van der Waals surface area contributed by atoms with Gasteiger partial charge in [-0.3, -0.25) is 9.10 Å². The van der Waals surface area contributed by atoms with Crippen molar-refractivity contribution in [2.45, 2.75) is 16.7 Å². The third-order valence-corrected chi connectivity index (χ3v) is 6.09. The van der Waals surface area contributed by atoms with Crippen molar-refractivity contribution in [1.82, 2.24) is 5.32 Å². The minimum absolute atomic E-state index is 0.179. The van der Waals surface area contributed by atoms with E-state index in [-0.39, 0.29) is 10.8 Å². The highest BCUT2D eigenvalue weighted by Gasteiger charge is 2.21. The van der Waals surface area contributed by atoms with Gasteiger partial charge in [0.25, 0.3) is 15.9 Å². The molecule has 2 aromatic carbocycles. The smallest absolute Gasteiger partial charge is 0.264 e. The molecule has 0 aliphatic rings. The molecule has 0 aliphatic heterocycles. The van der Waals surface area contributed by atoms with Gasteiger partial charge in [0.15, 0.2) is 0 Å². The van der Waals surface area contributed by atoms with E-state index < -0.39 is 10.0 Å². The number of amides is 1. The lowest BCUT2D eigenvalue weighted by molar-refractivity contribution is 0.0956. The number of nitrogens with zero attached hydrogens (tertiary/aromatic N) is 1. The lowest BCUT2D eigenvalue weighted by Crippen LogP contribution is -2.27. The molecule has 0 aliphatic carbocycles. The monoisotopic (exact) mass is 364 g/mol. The Labute approximate surface area is 147 Å². The molecule has 7 heteroatoms. The average Bonchev–Trinajstić information content (AvgIpc) is 2.61. The Morgan fingerprint density at radius 1 is 1.08 bits per heavy atom. The molecule has 0 unspecified atom stereocenters. The number of nitrogens with one attached hydrogen (secondary N) is 1. The van der Waals surface area contributed by atoms with Crippen LogP contribution >= 0.6 is 11.8 Å². The molecule has 128 valence electrons. The highest BCUT2D eigenvalue weighted by molar-refractivity contribution is 7.98. The van der Waals surface area contributed by atoms with Crippen LogP contribution in [0.1, 0.15) is 17.3 Å². The molecule has 0 heterocycles. The first-order chi connectivity index (χ1) is 11.4. The van der Waals surface area contributed by atoms with Crippen LogP contribution in [0.15, 0.2) is 58.3 Å². The molecule has 0 radical (unpaired) electrons.